The molecule has 0 aromatic heterocycles. The Morgan fingerprint density at radius 3 is 2.72 bits per heavy atom. The van der Waals surface area contributed by atoms with Crippen molar-refractivity contribution < 1.29 is 23.6 Å². The van der Waals surface area contributed by atoms with E-state index < -0.39 is 22.7 Å². The van der Waals surface area contributed by atoms with Gasteiger partial charge in [0.1, 0.15) is 11.5 Å². The summed E-state index contributed by atoms with van der Waals surface area (Å²) in [6.07, 6.45) is 0. The number of carboxylic acids is 1. The third-order valence-electron chi connectivity index (χ3n) is 1.96. The minimum absolute atomic E-state index is 0.116. The molecule has 7 heteroatoms. The van der Waals surface area contributed by atoms with E-state index in [0.717, 1.165) is 0 Å². The van der Waals surface area contributed by atoms with Gasteiger partial charge in [0, 0.05) is 10.8 Å². The third kappa shape index (κ3) is 4.96. The Balaban J connectivity index is 2.44. The number of benzene rings is 1. The van der Waals surface area contributed by atoms with Crippen molar-refractivity contribution in [3.8, 4) is 5.75 Å². The molecule has 1 rings (SSSR count). The maximum absolute atomic E-state index is 11.3. The van der Waals surface area contributed by atoms with Crippen LogP contribution in [-0.2, 0) is 15.6 Å². The van der Waals surface area contributed by atoms with Gasteiger partial charge in [0.15, 0.2) is 0 Å². The number of nitrogens with two attached hydrogens (primary N) is 1. The van der Waals surface area contributed by atoms with Crippen molar-refractivity contribution in [1.29, 1.82) is 0 Å². The zero-order chi connectivity index (χ0) is 13.5. The summed E-state index contributed by atoms with van der Waals surface area (Å²) >= 11 is 0. The van der Waals surface area contributed by atoms with E-state index in [1.54, 1.807) is 12.1 Å². The van der Waals surface area contributed by atoms with E-state index in [9.17, 15) is 13.8 Å². The Morgan fingerprint density at radius 1 is 1.39 bits per heavy atom. The van der Waals surface area contributed by atoms with Gasteiger partial charge < -0.3 is 15.6 Å². The highest BCUT2D eigenvalue weighted by molar-refractivity contribution is 7.85. The second-order valence-electron chi connectivity index (χ2n) is 3.44. The molecule has 1 aromatic rings. The van der Waals surface area contributed by atoms with Crippen molar-refractivity contribution in [3.05, 3.63) is 29.8 Å². The summed E-state index contributed by atoms with van der Waals surface area (Å²) < 4.78 is 16.5. The minimum Gasteiger partial charge on any atom is -0.493 e. The molecule has 0 heterocycles. The highest BCUT2D eigenvalue weighted by atomic mass is 32.2. The van der Waals surface area contributed by atoms with Crippen LogP contribution in [0.4, 0.5) is 0 Å². The van der Waals surface area contributed by atoms with Crippen LogP contribution in [0.15, 0.2) is 24.3 Å². The monoisotopic (exact) mass is 271 g/mol. The Bertz CT molecular complexity index is 474. The van der Waals surface area contributed by atoms with Crippen LogP contribution < -0.4 is 10.5 Å². The lowest BCUT2D eigenvalue weighted by Gasteiger charge is -2.06. The summed E-state index contributed by atoms with van der Waals surface area (Å²) in [5.74, 6) is -1.32. The molecule has 0 aliphatic carbocycles. The Labute approximate surface area is 106 Å². The number of primary amides is 1. The molecule has 1 unspecified atom stereocenters. The summed E-state index contributed by atoms with van der Waals surface area (Å²) in [7, 11) is -1.35. The first-order chi connectivity index (χ1) is 8.49. The fraction of sp³-hybridized carbons (Fsp3) is 0.273. The molecule has 18 heavy (non-hydrogen) atoms. The number of amides is 1. The summed E-state index contributed by atoms with van der Waals surface area (Å²) in [6.45, 7) is 0.128. The van der Waals surface area contributed by atoms with Crippen LogP contribution in [0, 0.1) is 0 Å². The number of aromatic carboxylic acids is 1. The van der Waals surface area contributed by atoms with Crippen LogP contribution in [-0.4, -0.2) is 39.3 Å². The summed E-state index contributed by atoms with van der Waals surface area (Å²) in [5.41, 5.74) is 5.01. The van der Waals surface area contributed by atoms with Crippen LogP contribution in [0.1, 0.15) is 10.4 Å². The summed E-state index contributed by atoms with van der Waals surface area (Å²) in [6, 6.07) is 5.97. The predicted molar refractivity (Wildman–Crippen MR) is 66.0 cm³/mol. The van der Waals surface area contributed by atoms with E-state index in [4.69, 9.17) is 15.6 Å². The van der Waals surface area contributed by atoms with Gasteiger partial charge in [-0.1, -0.05) is 6.07 Å². The molecule has 0 radical (unpaired) electrons. The van der Waals surface area contributed by atoms with Crippen molar-refractivity contribution in [2.24, 2.45) is 5.73 Å². The number of carbonyl (C=O) groups excluding carboxylic acids is 1. The number of rotatable bonds is 7. The molecule has 0 saturated heterocycles. The highest BCUT2D eigenvalue weighted by Gasteiger charge is 2.06. The molecule has 98 valence electrons. The molecule has 0 aliphatic rings. The lowest BCUT2D eigenvalue weighted by atomic mass is 10.2. The van der Waals surface area contributed by atoms with E-state index in [0.29, 0.717) is 5.75 Å². The van der Waals surface area contributed by atoms with Gasteiger partial charge in [0.05, 0.1) is 17.9 Å². The maximum Gasteiger partial charge on any atom is 0.335 e. The fourth-order valence-electron chi connectivity index (χ4n) is 1.20. The molecule has 0 fully saturated rings. The molecule has 0 saturated carbocycles. The van der Waals surface area contributed by atoms with Crippen LogP contribution in [0.25, 0.3) is 0 Å². The topological polar surface area (TPSA) is 107 Å². The van der Waals surface area contributed by atoms with Gasteiger partial charge in [-0.25, -0.2) is 4.79 Å². The molecule has 1 atom stereocenters. The normalized spacial score (nSPS) is 11.8. The maximum atomic E-state index is 11.3. The number of ether oxygens (including phenoxy) is 1. The highest BCUT2D eigenvalue weighted by Crippen LogP contribution is 2.13. The van der Waals surface area contributed by atoms with Gasteiger partial charge in [-0.3, -0.25) is 9.00 Å². The smallest absolute Gasteiger partial charge is 0.335 e. The van der Waals surface area contributed by atoms with Crippen molar-refractivity contribution in [2.75, 3.05) is 18.1 Å². The molecular weight excluding hydrogens is 258 g/mol. The molecule has 1 aromatic carbocycles. The van der Waals surface area contributed by atoms with Gasteiger partial charge in [0.25, 0.3) is 0 Å². The minimum atomic E-state index is -1.35. The van der Waals surface area contributed by atoms with Gasteiger partial charge in [-0.15, -0.1) is 0 Å². The lowest BCUT2D eigenvalue weighted by Crippen LogP contribution is -2.22. The van der Waals surface area contributed by atoms with Crippen molar-refractivity contribution in [1.82, 2.24) is 0 Å². The van der Waals surface area contributed by atoms with Crippen molar-refractivity contribution >= 4 is 22.7 Å². The Hall–Kier alpha value is -1.89. The lowest BCUT2D eigenvalue weighted by molar-refractivity contribution is -0.115. The summed E-state index contributed by atoms with van der Waals surface area (Å²) in [5, 5.41) is 8.77. The van der Waals surface area contributed by atoms with Crippen LogP contribution >= 0.6 is 0 Å². The van der Waals surface area contributed by atoms with Crippen LogP contribution in [0.5, 0.6) is 5.75 Å². The molecule has 3 N–H and O–H groups in total. The third-order valence-corrected chi connectivity index (χ3v) is 3.19. The number of hydrogen-bond acceptors (Lipinski definition) is 4. The van der Waals surface area contributed by atoms with Gasteiger partial charge in [-0.05, 0) is 18.2 Å². The second-order valence-corrected chi connectivity index (χ2v) is 5.01. The SMILES string of the molecule is NC(=O)CS(=O)CCOc1cccc(C(=O)O)c1. The molecule has 0 spiro atoms. The first-order valence-electron chi connectivity index (χ1n) is 5.08. The molecule has 0 aliphatic heterocycles. The largest absolute Gasteiger partial charge is 0.493 e. The number of hydrogen-bond donors (Lipinski definition) is 2. The van der Waals surface area contributed by atoms with Gasteiger partial charge >= 0.3 is 5.97 Å². The van der Waals surface area contributed by atoms with Crippen molar-refractivity contribution in [2.45, 2.75) is 0 Å². The zero-order valence-corrected chi connectivity index (χ0v) is 10.3. The number of carbonyl (C=O) groups is 2. The van der Waals surface area contributed by atoms with E-state index in [-0.39, 0.29) is 23.7 Å². The van der Waals surface area contributed by atoms with Crippen LogP contribution in [0.3, 0.4) is 0 Å². The zero-order valence-electron chi connectivity index (χ0n) is 9.50. The molecular formula is C11H13NO5S. The average molecular weight is 271 g/mol. The Kier molecular flexibility index (Phi) is 5.31. The predicted octanol–water partition coefficient (Wildman–Crippen LogP) is -0.00240. The molecule has 6 nitrogen and oxygen atoms in total. The number of carboxylic acid groups (broad SMARTS) is 1. The van der Waals surface area contributed by atoms with Gasteiger partial charge in [0.2, 0.25) is 5.91 Å². The van der Waals surface area contributed by atoms with Gasteiger partial charge in [-0.2, -0.15) is 0 Å². The Morgan fingerprint density at radius 2 is 2.11 bits per heavy atom. The summed E-state index contributed by atoms with van der Waals surface area (Å²) in [4.78, 5) is 21.2. The average Bonchev–Trinajstić information content (AvgIpc) is 2.28. The van der Waals surface area contributed by atoms with Crippen molar-refractivity contribution in [3.63, 3.8) is 0 Å². The van der Waals surface area contributed by atoms with E-state index in [1.807, 2.05) is 0 Å². The standard InChI is InChI=1S/C11H13NO5S/c12-10(13)7-18(16)5-4-17-9-3-1-2-8(6-9)11(14)15/h1-3,6H,4-5,7H2,(H2,12,13)(H,14,15). The van der Waals surface area contributed by atoms with E-state index in [1.165, 1.54) is 12.1 Å². The van der Waals surface area contributed by atoms with Crippen LogP contribution in [0.2, 0.25) is 0 Å². The van der Waals surface area contributed by atoms with E-state index in [2.05, 4.69) is 0 Å². The molecule has 0 bridgehead atoms. The quantitative estimate of drug-likeness (QED) is 0.725. The van der Waals surface area contributed by atoms with E-state index >= 15 is 0 Å². The first-order valence-corrected chi connectivity index (χ1v) is 6.57. The second kappa shape index (κ2) is 6.75. The molecule has 1 amide bonds. The fourth-order valence-corrected chi connectivity index (χ4v) is 1.93. The first kappa shape index (κ1) is 14.2.